The van der Waals surface area contributed by atoms with E-state index in [0.29, 0.717) is 11.6 Å². The molecule has 5 heteroatoms. The number of rotatable bonds is 4. The van der Waals surface area contributed by atoms with Crippen LogP contribution >= 0.6 is 11.6 Å². The standard InChI is InChI=1S/C11H16ClN3O/c1-3-15-6-9(12)10(13-15)7-14(2)11(16)8-4-5-8/h6,8H,3-5,7H2,1-2H3. The van der Waals surface area contributed by atoms with Crippen molar-refractivity contribution in [2.24, 2.45) is 5.92 Å². The predicted octanol–water partition coefficient (Wildman–Crippen LogP) is 1.92. The fourth-order valence-electron chi connectivity index (χ4n) is 1.65. The van der Waals surface area contributed by atoms with Gasteiger partial charge in [-0.2, -0.15) is 5.10 Å². The second-order valence-corrected chi connectivity index (χ2v) is 4.66. The summed E-state index contributed by atoms with van der Waals surface area (Å²) in [5.41, 5.74) is 0.778. The number of carbonyl (C=O) groups is 1. The second-order valence-electron chi connectivity index (χ2n) is 4.25. The van der Waals surface area contributed by atoms with Crippen molar-refractivity contribution in [1.29, 1.82) is 0 Å². The summed E-state index contributed by atoms with van der Waals surface area (Å²) in [5.74, 6) is 0.458. The molecule has 1 fully saturated rings. The molecule has 0 spiro atoms. The fourth-order valence-corrected chi connectivity index (χ4v) is 1.86. The van der Waals surface area contributed by atoms with Crippen molar-refractivity contribution in [1.82, 2.24) is 14.7 Å². The molecular formula is C11H16ClN3O. The number of amides is 1. The molecule has 1 saturated carbocycles. The van der Waals surface area contributed by atoms with Crippen LogP contribution in [0.4, 0.5) is 0 Å². The average molecular weight is 242 g/mol. The summed E-state index contributed by atoms with van der Waals surface area (Å²) < 4.78 is 1.78. The second kappa shape index (κ2) is 4.45. The quantitative estimate of drug-likeness (QED) is 0.808. The SMILES string of the molecule is CCn1cc(Cl)c(CN(C)C(=O)C2CC2)n1. The van der Waals surface area contributed by atoms with E-state index in [4.69, 9.17) is 11.6 Å². The Bertz CT molecular complexity index is 398. The molecule has 1 heterocycles. The van der Waals surface area contributed by atoms with Gasteiger partial charge < -0.3 is 4.90 Å². The van der Waals surface area contributed by atoms with Crippen LogP contribution in [-0.2, 0) is 17.9 Å². The van der Waals surface area contributed by atoms with Crippen LogP contribution in [0.1, 0.15) is 25.5 Å². The van der Waals surface area contributed by atoms with Crippen LogP contribution in [0.15, 0.2) is 6.20 Å². The maximum absolute atomic E-state index is 11.7. The van der Waals surface area contributed by atoms with Gasteiger partial charge in [-0.25, -0.2) is 0 Å². The van der Waals surface area contributed by atoms with Crippen molar-refractivity contribution in [2.75, 3.05) is 7.05 Å². The number of carbonyl (C=O) groups excluding carboxylic acids is 1. The molecule has 2 rings (SSSR count). The average Bonchev–Trinajstić information content (AvgIpc) is 3.04. The van der Waals surface area contributed by atoms with E-state index in [2.05, 4.69) is 5.10 Å². The first-order valence-corrected chi connectivity index (χ1v) is 5.96. The van der Waals surface area contributed by atoms with Gasteiger partial charge in [0.25, 0.3) is 0 Å². The molecule has 0 bridgehead atoms. The highest BCUT2D eigenvalue weighted by molar-refractivity contribution is 6.31. The number of hydrogen-bond donors (Lipinski definition) is 0. The molecule has 1 aromatic heterocycles. The molecule has 0 N–H and O–H groups in total. The lowest BCUT2D eigenvalue weighted by molar-refractivity contribution is -0.131. The zero-order valence-electron chi connectivity index (χ0n) is 9.61. The Morgan fingerprint density at radius 3 is 2.88 bits per heavy atom. The predicted molar refractivity (Wildman–Crippen MR) is 62.1 cm³/mol. The molecule has 0 aromatic carbocycles. The molecule has 0 aliphatic heterocycles. The molecule has 1 aliphatic rings. The molecule has 0 radical (unpaired) electrons. The first-order chi connectivity index (χ1) is 7.61. The van der Waals surface area contributed by atoms with Crippen LogP contribution < -0.4 is 0 Å². The lowest BCUT2D eigenvalue weighted by atomic mass is 10.3. The van der Waals surface area contributed by atoms with E-state index in [-0.39, 0.29) is 11.8 Å². The van der Waals surface area contributed by atoms with E-state index in [1.165, 1.54) is 0 Å². The largest absolute Gasteiger partial charge is 0.339 e. The number of aryl methyl sites for hydroxylation is 1. The Labute approximate surface area is 100 Å². The minimum atomic E-state index is 0.210. The van der Waals surface area contributed by atoms with Crippen molar-refractivity contribution in [3.63, 3.8) is 0 Å². The molecule has 0 saturated heterocycles. The van der Waals surface area contributed by atoms with Crippen molar-refractivity contribution >= 4 is 17.5 Å². The van der Waals surface area contributed by atoms with Gasteiger partial charge in [0.2, 0.25) is 5.91 Å². The minimum Gasteiger partial charge on any atom is -0.339 e. The molecule has 0 unspecified atom stereocenters. The van der Waals surface area contributed by atoms with Crippen molar-refractivity contribution in [3.8, 4) is 0 Å². The van der Waals surface area contributed by atoms with E-state index in [1.54, 1.807) is 15.8 Å². The van der Waals surface area contributed by atoms with Gasteiger partial charge in [-0.05, 0) is 19.8 Å². The Morgan fingerprint density at radius 1 is 1.69 bits per heavy atom. The number of hydrogen-bond acceptors (Lipinski definition) is 2. The normalized spacial score (nSPS) is 15.2. The number of nitrogens with zero attached hydrogens (tertiary/aromatic N) is 3. The van der Waals surface area contributed by atoms with Crippen LogP contribution in [0.25, 0.3) is 0 Å². The highest BCUT2D eigenvalue weighted by atomic mass is 35.5. The lowest BCUT2D eigenvalue weighted by Crippen LogP contribution is -2.27. The summed E-state index contributed by atoms with van der Waals surface area (Å²) >= 11 is 6.05. The molecule has 1 amide bonds. The van der Waals surface area contributed by atoms with E-state index in [0.717, 1.165) is 25.1 Å². The minimum absolute atomic E-state index is 0.210. The number of halogens is 1. The molecule has 1 aromatic rings. The molecule has 16 heavy (non-hydrogen) atoms. The highest BCUT2D eigenvalue weighted by Crippen LogP contribution is 2.31. The van der Waals surface area contributed by atoms with Crippen LogP contribution in [0.2, 0.25) is 5.02 Å². The summed E-state index contributed by atoms with van der Waals surface area (Å²) in [6.07, 6.45) is 3.85. The fraction of sp³-hybridized carbons (Fsp3) is 0.636. The van der Waals surface area contributed by atoms with Crippen LogP contribution in [-0.4, -0.2) is 27.6 Å². The van der Waals surface area contributed by atoms with Gasteiger partial charge in [-0.15, -0.1) is 0 Å². The third kappa shape index (κ3) is 2.38. The van der Waals surface area contributed by atoms with Gasteiger partial charge in [0.15, 0.2) is 0 Å². The first-order valence-electron chi connectivity index (χ1n) is 5.58. The van der Waals surface area contributed by atoms with E-state index >= 15 is 0 Å². The molecule has 4 nitrogen and oxygen atoms in total. The Hall–Kier alpha value is -1.03. The van der Waals surface area contributed by atoms with Crippen LogP contribution in [0.5, 0.6) is 0 Å². The molecular weight excluding hydrogens is 226 g/mol. The molecule has 88 valence electrons. The Morgan fingerprint density at radius 2 is 2.38 bits per heavy atom. The number of aromatic nitrogens is 2. The first kappa shape index (κ1) is 11.5. The maximum Gasteiger partial charge on any atom is 0.225 e. The van der Waals surface area contributed by atoms with Gasteiger partial charge in [-0.1, -0.05) is 11.6 Å². The molecule has 1 aliphatic carbocycles. The smallest absolute Gasteiger partial charge is 0.225 e. The van der Waals surface area contributed by atoms with Gasteiger partial charge in [0.05, 0.1) is 11.6 Å². The summed E-state index contributed by atoms with van der Waals surface area (Å²) in [6.45, 7) is 3.30. The zero-order valence-corrected chi connectivity index (χ0v) is 10.4. The van der Waals surface area contributed by atoms with Crippen molar-refractivity contribution < 1.29 is 4.79 Å². The van der Waals surface area contributed by atoms with E-state index in [1.807, 2.05) is 14.0 Å². The van der Waals surface area contributed by atoms with E-state index < -0.39 is 0 Å². The Balaban J connectivity index is 2.01. The summed E-state index contributed by atoms with van der Waals surface area (Å²) in [4.78, 5) is 13.5. The maximum atomic E-state index is 11.7. The topological polar surface area (TPSA) is 38.1 Å². The summed E-state index contributed by atoms with van der Waals surface area (Å²) in [7, 11) is 1.81. The van der Waals surface area contributed by atoms with Crippen molar-refractivity contribution in [2.45, 2.75) is 32.9 Å². The monoisotopic (exact) mass is 241 g/mol. The van der Waals surface area contributed by atoms with Gasteiger partial charge in [0.1, 0.15) is 5.69 Å². The zero-order chi connectivity index (χ0) is 11.7. The lowest BCUT2D eigenvalue weighted by Gasteiger charge is -2.15. The van der Waals surface area contributed by atoms with Gasteiger partial charge >= 0.3 is 0 Å². The van der Waals surface area contributed by atoms with Gasteiger partial charge in [0, 0.05) is 25.7 Å². The van der Waals surface area contributed by atoms with E-state index in [9.17, 15) is 4.79 Å². The van der Waals surface area contributed by atoms with Crippen LogP contribution in [0.3, 0.4) is 0 Å². The third-order valence-corrected chi connectivity index (χ3v) is 3.12. The summed E-state index contributed by atoms with van der Waals surface area (Å²) in [6, 6.07) is 0. The highest BCUT2D eigenvalue weighted by Gasteiger charge is 2.32. The third-order valence-electron chi connectivity index (χ3n) is 2.80. The molecule has 0 atom stereocenters. The van der Waals surface area contributed by atoms with Crippen molar-refractivity contribution in [3.05, 3.63) is 16.9 Å². The summed E-state index contributed by atoms with van der Waals surface area (Å²) in [5, 5.41) is 4.96. The van der Waals surface area contributed by atoms with Crippen LogP contribution in [0, 0.1) is 5.92 Å². The Kier molecular flexibility index (Phi) is 3.19. The van der Waals surface area contributed by atoms with Gasteiger partial charge in [-0.3, -0.25) is 9.48 Å².